The van der Waals surface area contributed by atoms with Crippen LogP contribution in [-0.4, -0.2) is 189 Å². The normalized spacial score (nSPS) is 15.8. The van der Waals surface area contributed by atoms with E-state index in [9.17, 15) is 43.4 Å². The number of likely N-dealkylation sites (tertiary alicyclic amines) is 2. The van der Waals surface area contributed by atoms with Gasteiger partial charge in [-0.15, -0.1) is 22.7 Å². The molecule has 8 atom stereocenters. The number of hydrogen-bond donors (Lipinski definition) is 7. The molecule has 135 heavy (non-hydrogen) atoms. The summed E-state index contributed by atoms with van der Waals surface area (Å²) in [5.74, 6) is -2.04. The number of rotatable bonds is 35. The van der Waals surface area contributed by atoms with Gasteiger partial charge < -0.3 is 84.3 Å². The lowest BCUT2D eigenvalue weighted by Crippen LogP contribution is -2.58. The van der Waals surface area contributed by atoms with Gasteiger partial charge >= 0.3 is 5.97 Å². The van der Waals surface area contributed by atoms with Crippen molar-refractivity contribution in [3.63, 3.8) is 0 Å². The van der Waals surface area contributed by atoms with Crippen LogP contribution in [0.25, 0.3) is 54.5 Å². The molecular weight excluding hydrogens is 1760 g/mol. The van der Waals surface area contributed by atoms with Crippen LogP contribution in [0.5, 0.6) is 0 Å². The van der Waals surface area contributed by atoms with Crippen LogP contribution in [0.15, 0.2) is 179 Å². The Labute approximate surface area is 794 Å². The number of aliphatic carboxylic acids is 1. The van der Waals surface area contributed by atoms with Crippen molar-refractivity contribution in [1.29, 1.82) is 0 Å². The lowest BCUT2D eigenvalue weighted by atomic mass is 9.85. The van der Waals surface area contributed by atoms with Gasteiger partial charge in [0.1, 0.15) is 54.5 Å². The molecule has 2 aliphatic rings. The lowest BCUT2D eigenvalue weighted by Gasteiger charge is -2.35. The minimum Gasteiger partial charge on any atom is -0.480 e. The summed E-state index contributed by atoms with van der Waals surface area (Å²) in [6, 6.07) is 34.7. The van der Waals surface area contributed by atoms with E-state index in [4.69, 9.17) is 29.4 Å². The highest BCUT2D eigenvalue weighted by molar-refractivity contribution is 7.13. The molecule has 0 radical (unpaired) electrons. The number of amides is 5. The average Bonchev–Trinajstić information content (AvgIpc) is 1.74. The third-order valence-electron chi connectivity index (χ3n) is 24.4. The first-order valence-corrected chi connectivity index (χ1v) is 47.3. The summed E-state index contributed by atoms with van der Waals surface area (Å²) in [5.41, 5.74) is 26.6. The standard InChI is InChI=1S/C51H61FN8O6S.C28H31FN4O4.C23H32N4O3S/c1-31-12-13-38(46-33(3)57-66-35(46)5)24-42(31)59(39-18-19-41(52)43(25-39)58-22-20-53-29-58)21-10-9-11-23-65-28-45(62)56-48(51(6,7)8)50(64)60-27-40(61)26-44(60)49(63)55-32(2)36-14-16-37(17-15-36)47-34(4)54-30-67-47;1-19-7-8-22(28-20(2)31-37-21(28)3)15-25(19)33(12-5-4-6-14-36-17-27(34)35)23-9-10-24(29)26(16-23)32-13-11-30-18-32;1-13(15-6-8-16(9-7-15)19-14(2)25-12-31-19)26-21(29)18-10-17(28)11-27(18)22(30)20(24)23(3,4)5/h12-20,22,24-25,29-30,32,40,44,48,61H,9-11,21,23,26-28H2,1-8H3,(H,55,63)(H,56,62);7-11,13,15-16,18H,4-6,12,14,17H2,1-3H3,(H,34,35);6-9,12-13,17-18,20,28H,10-11,24H2,1-5H3,(H,26,29)/t32-,40+,44-,48+;;13-,17+,18-,20+/m0.0/s1. The Kier molecular flexibility index (Phi) is 34.3. The van der Waals surface area contributed by atoms with Crippen molar-refractivity contribution in [2.45, 2.75) is 211 Å². The van der Waals surface area contributed by atoms with E-state index in [1.54, 1.807) is 81.4 Å². The zero-order chi connectivity index (χ0) is 97.3. The number of aryl methyl sites for hydroxylation is 8. The van der Waals surface area contributed by atoms with Crippen LogP contribution in [0.3, 0.4) is 0 Å². The van der Waals surface area contributed by atoms with Crippen molar-refractivity contribution >= 4 is 80.9 Å². The van der Waals surface area contributed by atoms with Gasteiger partial charge in [0.15, 0.2) is 0 Å². The summed E-state index contributed by atoms with van der Waals surface area (Å²) in [4.78, 5) is 104. The number of carboxylic acid groups (broad SMARTS) is 1. The molecule has 33 heteroatoms. The van der Waals surface area contributed by atoms with Gasteiger partial charge in [0, 0.05) is 111 Å². The Morgan fingerprint density at radius 3 is 1.31 bits per heavy atom. The number of benzene rings is 6. The summed E-state index contributed by atoms with van der Waals surface area (Å²) in [6.07, 6.45) is 13.1. The monoisotopic (exact) mass is 1880 g/mol. The van der Waals surface area contributed by atoms with Crippen LogP contribution in [-0.2, 0) is 38.2 Å². The maximum absolute atomic E-state index is 15.2. The molecule has 0 saturated carbocycles. The number of nitrogens with one attached hydrogen (secondary N) is 3. The Hall–Kier alpha value is -12.5. The smallest absolute Gasteiger partial charge is 0.329 e. The van der Waals surface area contributed by atoms with E-state index in [1.165, 1.54) is 21.9 Å². The summed E-state index contributed by atoms with van der Waals surface area (Å²) >= 11 is 3.17. The number of aliphatic hydroxyl groups is 2. The summed E-state index contributed by atoms with van der Waals surface area (Å²) in [7, 11) is 0. The van der Waals surface area contributed by atoms with E-state index >= 15 is 4.39 Å². The second-order valence-corrected chi connectivity index (χ2v) is 38.5. The second kappa shape index (κ2) is 45.7. The maximum atomic E-state index is 15.2. The maximum Gasteiger partial charge on any atom is 0.329 e. The molecule has 0 aliphatic carbocycles. The summed E-state index contributed by atoms with van der Waals surface area (Å²) in [5, 5.41) is 46.7. The number of unbranched alkanes of at least 4 members (excludes halogenated alkanes) is 4. The number of thiazole rings is 2. The van der Waals surface area contributed by atoms with E-state index in [2.05, 4.69) is 99.3 Å². The van der Waals surface area contributed by atoms with Crippen LogP contribution in [0.2, 0.25) is 0 Å². The molecule has 12 aromatic rings. The number of carboxylic acids is 1. The third kappa shape index (κ3) is 25.8. The van der Waals surface area contributed by atoms with Crippen molar-refractivity contribution in [3.05, 3.63) is 238 Å². The molecule has 2 aliphatic heterocycles. The second-order valence-electron chi connectivity index (χ2n) is 36.8. The Balaban J connectivity index is 0.000000202. The Morgan fingerprint density at radius 1 is 0.526 bits per heavy atom. The van der Waals surface area contributed by atoms with Crippen LogP contribution < -0.4 is 31.5 Å². The van der Waals surface area contributed by atoms with Gasteiger partial charge in [-0.1, -0.05) is 125 Å². The van der Waals surface area contributed by atoms with Crippen LogP contribution in [0.4, 0.5) is 31.5 Å². The van der Waals surface area contributed by atoms with Crippen molar-refractivity contribution in [1.82, 2.24) is 65.1 Å². The molecule has 14 rings (SSSR count). The molecular formula is C102H124F2N16O13S2. The number of carbonyl (C=O) groups excluding carboxylic acids is 5. The minimum atomic E-state index is -0.976. The van der Waals surface area contributed by atoms with E-state index in [1.807, 2.05) is 176 Å². The third-order valence-corrected chi connectivity index (χ3v) is 26.3. The zero-order valence-electron chi connectivity index (χ0n) is 79.5. The first kappa shape index (κ1) is 101. The first-order chi connectivity index (χ1) is 64.3. The van der Waals surface area contributed by atoms with Crippen molar-refractivity contribution in [2.75, 3.05) is 62.4 Å². The van der Waals surface area contributed by atoms with Crippen LogP contribution >= 0.6 is 22.7 Å². The predicted octanol–water partition coefficient (Wildman–Crippen LogP) is 17.4. The molecule has 2 fully saturated rings. The number of carbonyl (C=O) groups is 6. The van der Waals surface area contributed by atoms with Crippen molar-refractivity contribution in [2.24, 2.45) is 16.6 Å². The number of nitrogens with zero attached hydrogens (tertiary/aromatic N) is 12. The number of imidazole rings is 2. The molecule has 0 spiro atoms. The highest BCUT2D eigenvalue weighted by Gasteiger charge is 2.46. The fraction of sp³-hybridized carbons (Fsp3) is 0.412. The fourth-order valence-electron chi connectivity index (χ4n) is 16.8. The van der Waals surface area contributed by atoms with E-state index in [0.29, 0.717) is 44.1 Å². The SMILES string of the molecule is Cc1ccc(-c2c(C)noc2C)cc1N(CCCCCOCC(=O)N[C@H](C(=O)N1C[C@H](O)C[C@H]1C(=O)N[C@@H](C)c1ccc(-c2scnc2C)cc1)C(C)(C)C)c1ccc(F)c(-n2ccnc2)c1.Cc1ccc(-c2c(C)noc2C)cc1N(CCCCCOCC(=O)O)c1ccc(F)c(-n2ccnc2)c1.Cc1ncsc1-c1ccc([C@H](C)NC(=O)[C@@H]2C[C@@H](O)CN2C(=O)[C@@H](N)C(C)(C)C)cc1. The number of β-amino-alcohol motifs (C(OH)–C–C–N with tert-alkyl or cyclic N) is 2. The molecule has 6 aromatic heterocycles. The Bertz CT molecular complexity index is 5990. The van der Waals surface area contributed by atoms with Gasteiger partial charge in [0.2, 0.25) is 29.5 Å². The minimum absolute atomic E-state index is 0.0241. The number of hydrogen-bond acceptors (Lipinski definition) is 23. The fourth-order valence-corrected chi connectivity index (χ4v) is 18.4. The van der Waals surface area contributed by atoms with Crippen LogP contribution in [0, 0.1) is 77.9 Å². The summed E-state index contributed by atoms with van der Waals surface area (Å²) < 4.78 is 55.1. The molecule has 716 valence electrons. The van der Waals surface area contributed by atoms with Crippen molar-refractivity contribution < 1.29 is 71.4 Å². The molecule has 8 N–H and O–H groups in total. The van der Waals surface area contributed by atoms with Gasteiger partial charge in [-0.25, -0.2) is 33.5 Å². The highest BCUT2D eigenvalue weighted by atomic mass is 32.1. The van der Waals surface area contributed by atoms with E-state index < -0.39 is 65.0 Å². The number of nitrogens with two attached hydrogens (primary N) is 1. The summed E-state index contributed by atoms with van der Waals surface area (Å²) in [6.45, 7) is 32.2. The number of ether oxygens (including phenoxy) is 2. The van der Waals surface area contributed by atoms with Crippen LogP contribution in [0.1, 0.15) is 175 Å². The molecule has 0 bridgehead atoms. The average molecular weight is 1880 g/mol. The molecule has 8 heterocycles. The molecule has 0 unspecified atom stereocenters. The molecule has 6 aromatic carbocycles. The molecule has 5 amide bonds. The number of aromatic nitrogens is 8. The predicted molar refractivity (Wildman–Crippen MR) is 519 cm³/mol. The highest BCUT2D eigenvalue weighted by Crippen LogP contribution is 2.41. The van der Waals surface area contributed by atoms with Gasteiger partial charge in [-0.3, -0.25) is 24.0 Å². The molecule has 29 nitrogen and oxygen atoms in total. The van der Waals surface area contributed by atoms with E-state index in [-0.39, 0.29) is 80.6 Å². The molecule has 2 saturated heterocycles. The van der Waals surface area contributed by atoms with Gasteiger partial charge in [-0.05, 0) is 212 Å². The number of anilines is 4. The van der Waals surface area contributed by atoms with Gasteiger partial charge in [0.05, 0.1) is 97.9 Å². The van der Waals surface area contributed by atoms with E-state index in [0.717, 1.165) is 155 Å². The number of aliphatic hydroxyl groups excluding tert-OH is 2. The largest absolute Gasteiger partial charge is 0.480 e. The number of halogens is 2. The zero-order valence-corrected chi connectivity index (χ0v) is 81.2. The quantitative estimate of drug-likeness (QED) is 0.0181. The Morgan fingerprint density at radius 2 is 0.941 bits per heavy atom. The topological polar surface area (TPSA) is 370 Å². The lowest BCUT2D eigenvalue weighted by molar-refractivity contribution is -0.144. The van der Waals surface area contributed by atoms with Gasteiger partial charge in [-0.2, -0.15) is 0 Å². The first-order valence-electron chi connectivity index (χ1n) is 45.5. The van der Waals surface area contributed by atoms with Crippen molar-refractivity contribution in [3.8, 4) is 54.5 Å². The van der Waals surface area contributed by atoms with Gasteiger partial charge in [0.25, 0.3) is 0 Å².